The molecule has 1 heterocycles. The van der Waals surface area contributed by atoms with Gasteiger partial charge in [-0.05, 0) is 25.7 Å². The molecule has 1 saturated heterocycles. The van der Waals surface area contributed by atoms with Crippen molar-refractivity contribution in [3.05, 3.63) is 0 Å². The fraction of sp³-hybridized carbons (Fsp3) is 1.00. The van der Waals surface area contributed by atoms with Gasteiger partial charge in [-0.3, -0.25) is 4.90 Å². The van der Waals surface area contributed by atoms with Gasteiger partial charge in [-0.25, -0.2) is 0 Å². The van der Waals surface area contributed by atoms with Gasteiger partial charge in [-0.2, -0.15) is 0 Å². The molecule has 1 fully saturated rings. The first-order valence-corrected chi connectivity index (χ1v) is 7.68. The Morgan fingerprint density at radius 1 is 1.33 bits per heavy atom. The van der Waals surface area contributed by atoms with E-state index in [-0.39, 0.29) is 0 Å². The predicted octanol–water partition coefficient (Wildman–Crippen LogP) is 2.51. The average molecular weight is 256 g/mol. The summed E-state index contributed by atoms with van der Waals surface area (Å²) in [7, 11) is 0. The third kappa shape index (κ3) is 6.17. The summed E-state index contributed by atoms with van der Waals surface area (Å²) in [4.78, 5) is 2.58. The summed E-state index contributed by atoms with van der Waals surface area (Å²) in [5, 5.41) is 3.66. The van der Waals surface area contributed by atoms with E-state index in [9.17, 15) is 0 Å². The molecule has 1 rings (SSSR count). The Morgan fingerprint density at radius 3 is 2.78 bits per heavy atom. The first-order chi connectivity index (χ1) is 8.63. The molecule has 0 aromatic carbocycles. The molecule has 108 valence electrons. The molecule has 18 heavy (non-hydrogen) atoms. The summed E-state index contributed by atoms with van der Waals surface area (Å²) in [5.74, 6) is 0.776. The molecule has 2 unspecified atom stereocenters. The summed E-state index contributed by atoms with van der Waals surface area (Å²) in [6, 6.07) is 1.31. The third-order valence-corrected chi connectivity index (χ3v) is 3.70. The summed E-state index contributed by atoms with van der Waals surface area (Å²) in [6.07, 6.45) is 3.69. The quantitative estimate of drug-likeness (QED) is 0.675. The van der Waals surface area contributed by atoms with Gasteiger partial charge < -0.3 is 10.1 Å². The zero-order valence-corrected chi connectivity index (χ0v) is 12.7. The Hall–Kier alpha value is -0.120. The Morgan fingerprint density at radius 2 is 2.11 bits per heavy atom. The van der Waals surface area contributed by atoms with Crippen molar-refractivity contribution >= 4 is 0 Å². The summed E-state index contributed by atoms with van der Waals surface area (Å²) < 4.78 is 5.68. The van der Waals surface area contributed by atoms with E-state index in [1.807, 2.05) is 0 Å². The fourth-order valence-corrected chi connectivity index (χ4v) is 2.56. The highest BCUT2D eigenvalue weighted by molar-refractivity contribution is 4.84. The van der Waals surface area contributed by atoms with Crippen LogP contribution < -0.4 is 5.32 Å². The van der Waals surface area contributed by atoms with Crippen molar-refractivity contribution in [2.45, 2.75) is 59.0 Å². The molecule has 0 spiro atoms. The molecule has 0 aliphatic carbocycles. The minimum atomic E-state index is 0.642. The summed E-state index contributed by atoms with van der Waals surface area (Å²) in [6.45, 7) is 14.3. The molecule has 1 N–H and O–H groups in total. The molecular weight excluding hydrogens is 224 g/mol. The van der Waals surface area contributed by atoms with Gasteiger partial charge in [-0.1, -0.05) is 27.2 Å². The smallest absolute Gasteiger partial charge is 0.0593 e. The number of piperazine rings is 1. The van der Waals surface area contributed by atoms with Crippen LogP contribution in [0.3, 0.4) is 0 Å². The van der Waals surface area contributed by atoms with Gasteiger partial charge in [0.2, 0.25) is 0 Å². The Labute approximate surface area is 113 Å². The van der Waals surface area contributed by atoms with Crippen LogP contribution in [0.4, 0.5) is 0 Å². The van der Waals surface area contributed by atoms with E-state index < -0.39 is 0 Å². The van der Waals surface area contributed by atoms with Gasteiger partial charge in [0, 0.05) is 38.3 Å². The van der Waals surface area contributed by atoms with Crippen LogP contribution in [0.1, 0.15) is 47.0 Å². The van der Waals surface area contributed by atoms with Crippen LogP contribution in [0.5, 0.6) is 0 Å². The molecule has 0 radical (unpaired) electrons. The molecule has 1 aliphatic rings. The lowest BCUT2D eigenvalue weighted by Gasteiger charge is -2.39. The number of nitrogens with zero attached hydrogens (tertiary/aromatic N) is 1. The third-order valence-electron chi connectivity index (χ3n) is 3.70. The van der Waals surface area contributed by atoms with Crippen LogP contribution in [0.2, 0.25) is 0 Å². The van der Waals surface area contributed by atoms with E-state index in [2.05, 4.69) is 37.9 Å². The van der Waals surface area contributed by atoms with Crippen LogP contribution in [0, 0.1) is 5.92 Å². The van der Waals surface area contributed by atoms with E-state index in [4.69, 9.17) is 4.74 Å². The maximum Gasteiger partial charge on any atom is 0.0593 e. The number of nitrogens with one attached hydrogen (secondary N) is 1. The van der Waals surface area contributed by atoms with Crippen LogP contribution in [0.25, 0.3) is 0 Å². The molecule has 3 nitrogen and oxygen atoms in total. The molecule has 0 amide bonds. The van der Waals surface area contributed by atoms with E-state index >= 15 is 0 Å². The van der Waals surface area contributed by atoms with Crippen LogP contribution in [-0.2, 0) is 4.74 Å². The van der Waals surface area contributed by atoms with Crippen molar-refractivity contribution in [3.8, 4) is 0 Å². The topological polar surface area (TPSA) is 24.5 Å². The largest absolute Gasteiger partial charge is 0.380 e. The Kier molecular flexibility index (Phi) is 7.87. The van der Waals surface area contributed by atoms with Crippen LogP contribution >= 0.6 is 0 Å². The lowest BCUT2D eigenvalue weighted by molar-refractivity contribution is 0.0665. The normalized spacial score (nSPS) is 25.8. The van der Waals surface area contributed by atoms with Gasteiger partial charge in [0.25, 0.3) is 0 Å². The van der Waals surface area contributed by atoms with Crippen molar-refractivity contribution in [3.63, 3.8) is 0 Å². The molecule has 3 heteroatoms. The maximum absolute atomic E-state index is 5.68. The molecule has 0 bridgehead atoms. The van der Waals surface area contributed by atoms with Crippen molar-refractivity contribution in [2.24, 2.45) is 5.92 Å². The number of rotatable bonds is 8. The molecule has 0 saturated carbocycles. The van der Waals surface area contributed by atoms with Crippen molar-refractivity contribution in [1.29, 1.82) is 0 Å². The minimum absolute atomic E-state index is 0.642. The number of hydrogen-bond acceptors (Lipinski definition) is 3. The Bertz CT molecular complexity index is 209. The fourth-order valence-electron chi connectivity index (χ4n) is 2.56. The molecule has 1 aliphatic heterocycles. The van der Waals surface area contributed by atoms with Gasteiger partial charge in [-0.15, -0.1) is 0 Å². The van der Waals surface area contributed by atoms with Gasteiger partial charge in [0.1, 0.15) is 0 Å². The van der Waals surface area contributed by atoms with Gasteiger partial charge in [0.15, 0.2) is 0 Å². The lowest BCUT2D eigenvalue weighted by Crippen LogP contribution is -2.56. The summed E-state index contributed by atoms with van der Waals surface area (Å²) in [5.41, 5.74) is 0. The molecule has 0 aromatic rings. The van der Waals surface area contributed by atoms with Crippen LogP contribution in [-0.4, -0.2) is 49.8 Å². The van der Waals surface area contributed by atoms with E-state index in [0.717, 1.165) is 32.2 Å². The Balaban J connectivity index is 2.20. The van der Waals surface area contributed by atoms with E-state index in [1.165, 1.54) is 25.8 Å². The zero-order chi connectivity index (χ0) is 13.4. The van der Waals surface area contributed by atoms with Gasteiger partial charge >= 0.3 is 0 Å². The highest BCUT2D eigenvalue weighted by Gasteiger charge is 2.24. The van der Waals surface area contributed by atoms with E-state index in [1.54, 1.807) is 0 Å². The standard InChI is InChI=1S/C15H32N2O/c1-5-6-8-18-9-7-17-12-15(10-13(2)3)16-11-14(17)4/h13-16H,5-12H2,1-4H3. The predicted molar refractivity (Wildman–Crippen MR) is 78.0 cm³/mol. The molecular formula is C15H32N2O. The van der Waals surface area contributed by atoms with Crippen molar-refractivity contribution in [1.82, 2.24) is 10.2 Å². The second-order valence-corrected chi connectivity index (χ2v) is 6.04. The number of hydrogen-bond donors (Lipinski definition) is 1. The van der Waals surface area contributed by atoms with Gasteiger partial charge in [0.05, 0.1) is 6.61 Å². The maximum atomic E-state index is 5.68. The van der Waals surface area contributed by atoms with E-state index in [0.29, 0.717) is 12.1 Å². The number of ether oxygens (including phenoxy) is 1. The monoisotopic (exact) mass is 256 g/mol. The lowest BCUT2D eigenvalue weighted by atomic mass is 10.0. The SMILES string of the molecule is CCCCOCCN1CC(CC(C)C)NCC1C. The highest BCUT2D eigenvalue weighted by atomic mass is 16.5. The first kappa shape index (κ1) is 15.9. The van der Waals surface area contributed by atoms with Crippen LogP contribution in [0.15, 0.2) is 0 Å². The highest BCUT2D eigenvalue weighted by Crippen LogP contribution is 2.12. The number of unbranched alkanes of at least 4 members (excludes halogenated alkanes) is 1. The summed E-state index contributed by atoms with van der Waals surface area (Å²) >= 11 is 0. The second-order valence-electron chi connectivity index (χ2n) is 6.04. The molecule has 0 aromatic heterocycles. The second kappa shape index (κ2) is 8.89. The van der Waals surface area contributed by atoms with Crippen molar-refractivity contribution in [2.75, 3.05) is 32.8 Å². The molecule has 2 atom stereocenters. The average Bonchev–Trinajstić information content (AvgIpc) is 2.32. The van der Waals surface area contributed by atoms with Crippen molar-refractivity contribution < 1.29 is 4.74 Å². The minimum Gasteiger partial charge on any atom is -0.380 e. The zero-order valence-electron chi connectivity index (χ0n) is 12.7. The first-order valence-electron chi connectivity index (χ1n) is 7.68.